The molecule has 0 fully saturated rings. The average molecular weight is 494 g/mol. The summed E-state index contributed by atoms with van der Waals surface area (Å²) < 4.78 is 17.9. The van der Waals surface area contributed by atoms with Crippen LogP contribution in [0.4, 0.5) is 10.2 Å². The van der Waals surface area contributed by atoms with Crippen molar-refractivity contribution in [3.05, 3.63) is 101 Å². The molecule has 0 aliphatic rings. The van der Waals surface area contributed by atoms with Gasteiger partial charge < -0.3 is 10.8 Å². The zero-order chi connectivity index (χ0) is 25.7. The topological polar surface area (TPSA) is 125 Å². The third-order valence-electron chi connectivity index (χ3n) is 6.28. The number of anilines is 1. The Morgan fingerprint density at radius 3 is 2.65 bits per heavy atom. The van der Waals surface area contributed by atoms with E-state index in [0.29, 0.717) is 38.9 Å². The summed E-state index contributed by atoms with van der Waals surface area (Å²) >= 11 is 0. The molecule has 0 aliphatic heterocycles. The molecule has 37 heavy (non-hydrogen) atoms. The lowest BCUT2D eigenvalue weighted by molar-refractivity contribution is 0.475. The van der Waals surface area contributed by atoms with Gasteiger partial charge in [0, 0.05) is 11.8 Å². The first kappa shape index (κ1) is 22.4. The number of benzene rings is 2. The van der Waals surface area contributed by atoms with Crippen LogP contribution in [0.1, 0.15) is 11.3 Å². The van der Waals surface area contributed by atoms with E-state index in [1.165, 1.54) is 17.0 Å². The van der Waals surface area contributed by atoms with Gasteiger partial charge >= 0.3 is 0 Å². The molecule has 2 aromatic carbocycles. The zero-order valence-electron chi connectivity index (χ0n) is 19.6. The summed E-state index contributed by atoms with van der Waals surface area (Å²) in [7, 11) is 0. The maximum Gasteiger partial charge on any atom is 0.265 e. The predicted molar refractivity (Wildman–Crippen MR) is 138 cm³/mol. The number of pyridine rings is 2. The van der Waals surface area contributed by atoms with Crippen LogP contribution in [0.3, 0.4) is 0 Å². The van der Waals surface area contributed by atoms with Gasteiger partial charge in [0.2, 0.25) is 0 Å². The van der Waals surface area contributed by atoms with E-state index in [2.05, 4.69) is 15.0 Å². The quantitative estimate of drug-likeness (QED) is 0.381. The fourth-order valence-corrected chi connectivity index (χ4v) is 4.59. The second-order valence-electron chi connectivity index (χ2n) is 8.63. The number of rotatable bonds is 4. The van der Waals surface area contributed by atoms with Crippen molar-refractivity contribution >= 4 is 27.8 Å². The fraction of sp³-hybridized carbons (Fsp3) is 0.0741. The van der Waals surface area contributed by atoms with E-state index in [9.17, 15) is 14.3 Å². The first-order valence-corrected chi connectivity index (χ1v) is 11.4. The van der Waals surface area contributed by atoms with E-state index in [4.69, 9.17) is 10.8 Å². The first-order valence-electron chi connectivity index (χ1n) is 11.4. The monoisotopic (exact) mass is 493 g/mol. The standard InChI is InChI=1S/C27H20FN7O2/c1-15-9-10-30-20-12-17(35(27(37)22(15)20)21-8-3-2-7-19(21)28)13-34-26-23(25(29)31-14-32-26)24(33-34)16-5-4-6-18(36)11-16/h2-12,14,36H,13H2,1H3,(H2,29,31,32). The zero-order valence-corrected chi connectivity index (χ0v) is 19.6. The normalized spacial score (nSPS) is 11.4. The molecule has 0 bridgehead atoms. The molecule has 0 spiro atoms. The van der Waals surface area contributed by atoms with Crippen molar-refractivity contribution in [1.29, 1.82) is 0 Å². The van der Waals surface area contributed by atoms with Gasteiger partial charge in [-0.3, -0.25) is 14.3 Å². The second-order valence-corrected chi connectivity index (χ2v) is 8.63. The largest absolute Gasteiger partial charge is 0.508 e. The van der Waals surface area contributed by atoms with Gasteiger partial charge in [0.05, 0.1) is 34.2 Å². The number of nitrogens with two attached hydrogens (primary N) is 1. The van der Waals surface area contributed by atoms with Crippen LogP contribution < -0.4 is 11.3 Å². The lowest BCUT2D eigenvalue weighted by Crippen LogP contribution is -2.25. The van der Waals surface area contributed by atoms with Crippen LogP contribution >= 0.6 is 0 Å². The molecule has 9 nitrogen and oxygen atoms in total. The van der Waals surface area contributed by atoms with E-state index in [1.54, 1.807) is 65.5 Å². The molecule has 0 atom stereocenters. The number of para-hydroxylation sites is 1. The van der Waals surface area contributed by atoms with Crippen LogP contribution in [0.2, 0.25) is 0 Å². The maximum absolute atomic E-state index is 15.0. The van der Waals surface area contributed by atoms with Crippen molar-refractivity contribution in [2.45, 2.75) is 13.5 Å². The van der Waals surface area contributed by atoms with Gasteiger partial charge in [-0.25, -0.2) is 19.0 Å². The summed E-state index contributed by atoms with van der Waals surface area (Å²) in [5.74, 6) is -0.249. The molecular formula is C27H20FN7O2. The van der Waals surface area contributed by atoms with Gasteiger partial charge in [0.15, 0.2) is 5.65 Å². The molecule has 0 amide bonds. The molecule has 4 heterocycles. The van der Waals surface area contributed by atoms with Crippen molar-refractivity contribution in [3.63, 3.8) is 0 Å². The van der Waals surface area contributed by atoms with Crippen LogP contribution in [-0.2, 0) is 6.54 Å². The van der Waals surface area contributed by atoms with Crippen LogP contribution in [-0.4, -0.2) is 34.4 Å². The Hall–Kier alpha value is -5.12. The molecule has 182 valence electrons. The van der Waals surface area contributed by atoms with Crippen LogP contribution in [0, 0.1) is 12.7 Å². The van der Waals surface area contributed by atoms with Crippen LogP contribution in [0.5, 0.6) is 5.75 Å². The highest BCUT2D eigenvalue weighted by atomic mass is 19.1. The molecule has 0 radical (unpaired) electrons. The van der Waals surface area contributed by atoms with E-state index in [1.807, 2.05) is 6.92 Å². The highest BCUT2D eigenvalue weighted by molar-refractivity contribution is 5.98. The minimum Gasteiger partial charge on any atom is -0.508 e. The van der Waals surface area contributed by atoms with E-state index >= 15 is 0 Å². The van der Waals surface area contributed by atoms with Crippen LogP contribution in [0.15, 0.2) is 78.0 Å². The highest BCUT2D eigenvalue weighted by Gasteiger charge is 2.21. The lowest BCUT2D eigenvalue weighted by Gasteiger charge is -2.16. The number of fused-ring (bicyclic) bond motifs is 2. The van der Waals surface area contributed by atoms with E-state index in [0.717, 1.165) is 5.56 Å². The summed E-state index contributed by atoms with van der Waals surface area (Å²) in [6, 6.07) is 16.2. The van der Waals surface area contributed by atoms with Gasteiger partial charge in [-0.2, -0.15) is 5.10 Å². The molecule has 10 heteroatoms. The van der Waals surface area contributed by atoms with Crippen molar-refractivity contribution in [1.82, 2.24) is 29.3 Å². The number of hydrogen-bond donors (Lipinski definition) is 2. The average Bonchev–Trinajstić information content (AvgIpc) is 3.25. The number of aryl methyl sites for hydroxylation is 1. The Kier molecular flexibility index (Phi) is 5.15. The van der Waals surface area contributed by atoms with Gasteiger partial charge in [0.25, 0.3) is 5.56 Å². The number of nitrogens with zero attached hydrogens (tertiary/aromatic N) is 6. The van der Waals surface area contributed by atoms with Crippen LogP contribution in [0.25, 0.3) is 38.9 Å². The molecular weight excluding hydrogens is 473 g/mol. The molecule has 4 aromatic heterocycles. The maximum atomic E-state index is 15.0. The predicted octanol–water partition coefficient (Wildman–Crippen LogP) is 3.98. The molecule has 0 aliphatic carbocycles. The fourth-order valence-electron chi connectivity index (χ4n) is 4.59. The third-order valence-corrected chi connectivity index (χ3v) is 6.28. The Labute approximate surface area is 209 Å². The molecule has 0 unspecified atom stereocenters. The Bertz CT molecular complexity index is 1890. The molecule has 3 N–H and O–H groups in total. The molecule has 6 rings (SSSR count). The van der Waals surface area contributed by atoms with Gasteiger partial charge in [-0.15, -0.1) is 0 Å². The minimum atomic E-state index is -0.538. The van der Waals surface area contributed by atoms with Gasteiger partial charge in [-0.05, 0) is 48.9 Å². The number of phenolic OH excluding ortho intramolecular Hbond substituents is 1. The van der Waals surface area contributed by atoms with Crippen molar-refractivity contribution in [3.8, 4) is 22.7 Å². The Morgan fingerprint density at radius 1 is 1.00 bits per heavy atom. The SMILES string of the molecule is Cc1ccnc2cc(Cn3nc(-c4cccc(O)c4)c4c(N)ncnc43)n(-c3ccccc3F)c(=O)c12. The summed E-state index contributed by atoms with van der Waals surface area (Å²) in [5, 5.41) is 15.7. The summed E-state index contributed by atoms with van der Waals surface area (Å²) in [6.07, 6.45) is 2.96. The second kappa shape index (κ2) is 8.52. The van der Waals surface area contributed by atoms with Gasteiger partial charge in [-0.1, -0.05) is 24.3 Å². The van der Waals surface area contributed by atoms with Gasteiger partial charge in [0.1, 0.15) is 29.4 Å². The smallest absolute Gasteiger partial charge is 0.265 e. The van der Waals surface area contributed by atoms with E-state index in [-0.39, 0.29) is 29.4 Å². The number of hydrogen-bond acceptors (Lipinski definition) is 7. The highest BCUT2D eigenvalue weighted by Crippen LogP contribution is 2.32. The first-order chi connectivity index (χ1) is 17.9. The number of nitrogen functional groups attached to an aromatic ring is 1. The van der Waals surface area contributed by atoms with Crippen molar-refractivity contribution in [2.24, 2.45) is 0 Å². The number of aromatic hydroxyl groups is 1. The number of halogens is 1. The molecule has 0 saturated heterocycles. The number of aromatic nitrogens is 6. The Balaban J connectivity index is 1.63. The molecule has 6 aromatic rings. The van der Waals surface area contributed by atoms with Crippen molar-refractivity contribution < 1.29 is 9.50 Å². The minimum absolute atomic E-state index is 0.0565. The Morgan fingerprint density at radius 2 is 1.84 bits per heavy atom. The molecule has 0 saturated carbocycles. The summed E-state index contributed by atoms with van der Waals surface area (Å²) in [4.78, 5) is 26.6. The lowest BCUT2D eigenvalue weighted by atomic mass is 10.1. The van der Waals surface area contributed by atoms with E-state index < -0.39 is 5.82 Å². The summed E-state index contributed by atoms with van der Waals surface area (Å²) in [6.45, 7) is 1.87. The summed E-state index contributed by atoms with van der Waals surface area (Å²) in [5.41, 5.74) is 9.14. The van der Waals surface area contributed by atoms with Crippen molar-refractivity contribution in [2.75, 3.05) is 5.73 Å². The third kappa shape index (κ3) is 3.66. The number of phenols is 1.